The second-order valence-electron chi connectivity index (χ2n) is 5.33. The van der Waals surface area contributed by atoms with Crippen LogP contribution in [0, 0.1) is 0 Å². The van der Waals surface area contributed by atoms with Gasteiger partial charge in [0.2, 0.25) is 0 Å². The van der Waals surface area contributed by atoms with Gasteiger partial charge >= 0.3 is 6.09 Å². The number of ether oxygens (including phenoxy) is 2. The maximum absolute atomic E-state index is 12.1. The van der Waals surface area contributed by atoms with Crippen LogP contribution >= 0.6 is 0 Å². The summed E-state index contributed by atoms with van der Waals surface area (Å²) in [6.45, 7) is 8.09. The topological polar surface area (TPSA) is 64.8 Å². The Hall–Kier alpha value is -0.810. The van der Waals surface area contributed by atoms with Gasteiger partial charge in [-0.15, -0.1) is 0 Å². The fourth-order valence-electron chi connectivity index (χ4n) is 1.82. The lowest BCUT2D eigenvalue weighted by Crippen LogP contribution is -2.45. The van der Waals surface area contributed by atoms with Crippen molar-refractivity contribution in [3.8, 4) is 0 Å². The molecule has 0 aromatic carbocycles. The average molecular weight is 244 g/mol. The van der Waals surface area contributed by atoms with Gasteiger partial charge in [-0.25, -0.2) is 4.79 Å². The highest BCUT2D eigenvalue weighted by Gasteiger charge is 2.29. The molecule has 17 heavy (non-hydrogen) atoms. The van der Waals surface area contributed by atoms with Crippen LogP contribution in [0.2, 0.25) is 0 Å². The zero-order valence-electron chi connectivity index (χ0n) is 11.1. The minimum absolute atomic E-state index is 0.0392. The summed E-state index contributed by atoms with van der Waals surface area (Å²) in [4.78, 5) is 13.8. The molecule has 1 amide bonds. The van der Waals surface area contributed by atoms with E-state index in [0.717, 1.165) is 12.8 Å². The van der Waals surface area contributed by atoms with E-state index in [2.05, 4.69) is 0 Å². The maximum Gasteiger partial charge on any atom is 0.410 e. The molecule has 1 atom stereocenters. The normalized spacial score (nSPS) is 22.1. The fourth-order valence-corrected chi connectivity index (χ4v) is 1.82. The molecule has 1 aliphatic heterocycles. The van der Waals surface area contributed by atoms with Crippen LogP contribution in [0.3, 0.4) is 0 Å². The molecule has 0 saturated carbocycles. The van der Waals surface area contributed by atoms with Crippen molar-refractivity contribution in [2.75, 3.05) is 26.3 Å². The molecule has 1 rings (SSSR count). The molecule has 1 aliphatic rings. The van der Waals surface area contributed by atoms with Crippen LogP contribution in [0.1, 0.15) is 33.6 Å². The molecule has 0 aromatic heterocycles. The highest BCUT2D eigenvalue weighted by atomic mass is 16.6. The van der Waals surface area contributed by atoms with Gasteiger partial charge in [-0.05, 0) is 40.2 Å². The van der Waals surface area contributed by atoms with E-state index in [9.17, 15) is 4.79 Å². The van der Waals surface area contributed by atoms with Crippen molar-refractivity contribution in [1.29, 1.82) is 0 Å². The summed E-state index contributed by atoms with van der Waals surface area (Å²) in [6.07, 6.45) is 1.33. The molecular formula is C12H24N2O3. The largest absolute Gasteiger partial charge is 0.444 e. The zero-order chi connectivity index (χ0) is 12.9. The summed E-state index contributed by atoms with van der Waals surface area (Å²) in [5.74, 6) is 0. The van der Waals surface area contributed by atoms with E-state index in [-0.39, 0.29) is 12.1 Å². The quantitative estimate of drug-likeness (QED) is 0.796. The number of amides is 1. The number of rotatable bonds is 2. The number of carbonyl (C=O) groups is 1. The number of nitrogens with two attached hydrogens (primary N) is 1. The summed E-state index contributed by atoms with van der Waals surface area (Å²) >= 11 is 0. The van der Waals surface area contributed by atoms with E-state index in [4.69, 9.17) is 15.2 Å². The highest BCUT2D eigenvalue weighted by molar-refractivity contribution is 5.68. The van der Waals surface area contributed by atoms with E-state index in [0.29, 0.717) is 26.3 Å². The van der Waals surface area contributed by atoms with Gasteiger partial charge in [-0.3, -0.25) is 0 Å². The minimum atomic E-state index is -0.461. The lowest BCUT2D eigenvalue weighted by atomic mass is 10.2. The monoisotopic (exact) mass is 244 g/mol. The third-order valence-electron chi connectivity index (χ3n) is 2.57. The Morgan fingerprint density at radius 1 is 1.53 bits per heavy atom. The first-order valence-electron chi connectivity index (χ1n) is 6.21. The second kappa shape index (κ2) is 6.21. The van der Waals surface area contributed by atoms with Crippen LogP contribution in [-0.4, -0.2) is 48.9 Å². The molecule has 5 nitrogen and oxygen atoms in total. The number of hydrogen-bond acceptors (Lipinski definition) is 4. The Labute approximate surface area is 103 Å². The molecule has 0 spiro atoms. The molecule has 0 bridgehead atoms. The molecule has 5 heteroatoms. The van der Waals surface area contributed by atoms with Crippen LogP contribution in [-0.2, 0) is 9.47 Å². The number of nitrogens with zero attached hydrogens (tertiary/aromatic N) is 1. The molecule has 1 fully saturated rings. The summed E-state index contributed by atoms with van der Waals surface area (Å²) in [6, 6.07) is 0.0392. The van der Waals surface area contributed by atoms with Crippen LogP contribution in [0.25, 0.3) is 0 Å². The molecule has 100 valence electrons. The summed E-state index contributed by atoms with van der Waals surface area (Å²) in [5, 5.41) is 0. The van der Waals surface area contributed by atoms with Crippen molar-refractivity contribution < 1.29 is 14.3 Å². The Morgan fingerprint density at radius 3 is 2.82 bits per heavy atom. The van der Waals surface area contributed by atoms with E-state index >= 15 is 0 Å². The Morgan fingerprint density at radius 2 is 2.24 bits per heavy atom. The third kappa shape index (κ3) is 4.91. The molecule has 2 N–H and O–H groups in total. The van der Waals surface area contributed by atoms with Crippen molar-refractivity contribution in [3.05, 3.63) is 0 Å². The maximum atomic E-state index is 12.1. The molecule has 0 aromatic rings. The molecule has 1 heterocycles. The van der Waals surface area contributed by atoms with E-state index < -0.39 is 5.60 Å². The molecular weight excluding hydrogens is 220 g/mol. The van der Waals surface area contributed by atoms with E-state index in [1.807, 2.05) is 20.8 Å². The van der Waals surface area contributed by atoms with Crippen LogP contribution in [0.15, 0.2) is 0 Å². The Balaban J connectivity index is 2.64. The van der Waals surface area contributed by atoms with Crippen molar-refractivity contribution in [2.24, 2.45) is 5.73 Å². The standard InChI is InChI=1S/C12H24N2O3/c1-12(2,3)17-11(15)14-7-4-8-16-9-10(14)5-6-13/h10H,4-9,13H2,1-3H3. The third-order valence-corrected chi connectivity index (χ3v) is 2.57. The van der Waals surface area contributed by atoms with Gasteiger partial charge in [0.1, 0.15) is 5.60 Å². The van der Waals surface area contributed by atoms with Crippen molar-refractivity contribution >= 4 is 6.09 Å². The fraction of sp³-hybridized carbons (Fsp3) is 0.917. The lowest BCUT2D eigenvalue weighted by Gasteiger charge is -2.31. The van der Waals surface area contributed by atoms with Crippen LogP contribution in [0.5, 0.6) is 0 Å². The summed E-state index contributed by atoms with van der Waals surface area (Å²) in [5.41, 5.74) is 5.10. The molecule has 0 aliphatic carbocycles. The molecule has 0 radical (unpaired) electrons. The minimum Gasteiger partial charge on any atom is -0.444 e. The molecule has 1 saturated heterocycles. The smallest absolute Gasteiger partial charge is 0.410 e. The zero-order valence-corrected chi connectivity index (χ0v) is 11.1. The van der Waals surface area contributed by atoms with Gasteiger partial charge in [-0.2, -0.15) is 0 Å². The predicted octanol–water partition coefficient (Wildman–Crippen LogP) is 1.36. The van der Waals surface area contributed by atoms with Crippen molar-refractivity contribution in [3.63, 3.8) is 0 Å². The van der Waals surface area contributed by atoms with Crippen LogP contribution < -0.4 is 5.73 Å². The van der Waals surface area contributed by atoms with Gasteiger partial charge < -0.3 is 20.1 Å². The second-order valence-corrected chi connectivity index (χ2v) is 5.33. The van der Waals surface area contributed by atoms with E-state index in [1.165, 1.54) is 0 Å². The SMILES string of the molecule is CC(C)(C)OC(=O)N1CCCOCC1CCN. The highest BCUT2D eigenvalue weighted by Crippen LogP contribution is 2.16. The van der Waals surface area contributed by atoms with Gasteiger partial charge in [0.15, 0.2) is 0 Å². The lowest BCUT2D eigenvalue weighted by molar-refractivity contribution is 0.0115. The van der Waals surface area contributed by atoms with Gasteiger partial charge in [0.25, 0.3) is 0 Å². The van der Waals surface area contributed by atoms with Crippen LogP contribution in [0.4, 0.5) is 4.79 Å². The van der Waals surface area contributed by atoms with E-state index in [1.54, 1.807) is 4.90 Å². The number of carbonyl (C=O) groups excluding carboxylic acids is 1. The summed E-state index contributed by atoms with van der Waals surface area (Å²) in [7, 11) is 0. The van der Waals surface area contributed by atoms with Crippen molar-refractivity contribution in [1.82, 2.24) is 4.90 Å². The first-order chi connectivity index (χ1) is 7.94. The Bertz CT molecular complexity index is 251. The van der Waals surface area contributed by atoms with Gasteiger partial charge in [0.05, 0.1) is 12.6 Å². The summed E-state index contributed by atoms with van der Waals surface area (Å²) < 4.78 is 10.9. The predicted molar refractivity (Wildman–Crippen MR) is 65.8 cm³/mol. The molecule has 1 unspecified atom stereocenters. The van der Waals surface area contributed by atoms with Crippen molar-refractivity contribution in [2.45, 2.75) is 45.3 Å². The average Bonchev–Trinajstić information content (AvgIpc) is 2.41. The van der Waals surface area contributed by atoms with Gasteiger partial charge in [-0.1, -0.05) is 0 Å². The first kappa shape index (κ1) is 14.3. The first-order valence-corrected chi connectivity index (χ1v) is 6.21. The number of hydrogen-bond donors (Lipinski definition) is 1. The Kier molecular flexibility index (Phi) is 5.21. The van der Waals surface area contributed by atoms with Gasteiger partial charge in [0, 0.05) is 13.2 Å².